The molecule has 0 saturated heterocycles. The maximum absolute atomic E-state index is 12.7. The molecule has 4 aromatic rings. The van der Waals surface area contributed by atoms with E-state index in [1.807, 2.05) is 42.6 Å². The Morgan fingerprint density at radius 3 is 2.66 bits per heavy atom. The van der Waals surface area contributed by atoms with Crippen LogP contribution in [0.4, 0.5) is 0 Å². The summed E-state index contributed by atoms with van der Waals surface area (Å²) >= 11 is 0. The van der Waals surface area contributed by atoms with Crippen LogP contribution in [0.1, 0.15) is 37.6 Å². The van der Waals surface area contributed by atoms with Gasteiger partial charge in [0.25, 0.3) is 5.91 Å². The minimum absolute atomic E-state index is 0.124. The predicted octanol–water partition coefficient (Wildman–Crippen LogP) is 3.96. The van der Waals surface area contributed by atoms with Gasteiger partial charge < -0.3 is 10.6 Å². The molecule has 2 N–H and O–H groups in total. The number of carbonyl (C=O) groups is 1. The molecule has 0 spiro atoms. The Bertz CT molecular complexity index is 1200. The summed E-state index contributed by atoms with van der Waals surface area (Å²) in [6.45, 7) is 6.90. The van der Waals surface area contributed by atoms with Crippen LogP contribution in [0.15, 0.2) is 67.1 Å². The zero-order chi connectivity index (χ0) is 22.5. The van der Waals surface area contributed by atoms with Crippen LogP contribution >= 0.6 is 0 Å². The van der Waals surface area contributed by atoms with Crippen LogP contribution in [0.25, 0.3) is 28.2 Å². The molecule has 3 heterocycles. The van der Waals surface area contributed by atoms with E-state index in [4.69, 9.17) is 4.98 Å². The second-order valence-electron chi connectivity index (χ2n) is 8.02. The molecule has 0 aliphatic carbocycles. The fourth-order valence-corrected chi connectivity index (χ4v) is 3.55. The lowest BCUT2D eigenvalue weighted by Gasteiger charge is -2.19. The highest BCUT2D eigenvalue weighted by atomic mass is 16.1. The Morgan fingerprint density at radius 1 is 1.06 bits per heavy atom. The normalized spacial score (nSPS) is 13.1. The molecule has 7 nitrogen and oxygen atoms in total. The highest BCUT2D eigenvalue weighted by Gasteiger charge is 2.14. The molecule has 1 aromatic carbocycles. The molecule has 1 amide bonds. The van der Waals surface area contributed by atoms with Crippen LogP contribution in [-0.4, -0.2) is 44.1 Å². The molecule has 3 aromatic heterocycles. The standard InChI is InChI=1S/C25H28N6O/c1-4-17(2)29-18(3)15-27-25(32)20-10-12-26-23(14-20)21-16-28-31-13-11-22(30-24(21)31)19-8-6-5-7-9-19/h5-14,16-18,29H,4,15H2,1-3H3,(H,27,32)/t17?,18-/m0/s1. The number of hydrogen-bond acceptors (Lipinski definition) is 5. The lowest BCUT2D eigenvalue weighted by molar-refractivity contribution is 0.0949. The van der Waals surface area contributed by atoms with Gasteiger partial charge in [-0.3, -0.25) is 9.78 Å². The third kappa shape index (κ3) is 4.84. The number of carbonyl (C=O) groups excluding carboxylic acids is 1. The van der Waals surface area contributed by atoms with E-state index < -0.39 is 0 Å². The predicted molar refractivity (Wildman–Crippen MR) is 126 cm³/mol. The summed E-state index contributed by atoms with van der Waals surface area (Å²) in [4.78, 5) is 22.0. The smallest absolute Gasteiger partial charge is 0.251 e. The van der Waals surface area contributed by atoms with Crippen molar-refractivity contribution in [3.05, 3.63) is 72.7 Å². The van der Waals surface area contributed by atoms with Crippen molar-refractivity contribution in [1.29, 1.82) is 0 Å². The summed E-state index contributed by atoms with van der Waals surface area (Å²) in [5.41, 5.74) is 4.59. The first-order chi connectivity index (χ1) is 15.5. The lowest BCUT2D eigenvalue weighted by Crippen LogP contribution is -2.42. The maximum Gasteiger partial charge on any atom is 0.251 e. The molecule has 0 radical (unpaired) electrons. The first-order valence-electron chi connectivity index (χ1n) is 11.0. The number of hydrogen-bond donors (Lipinski definition) is 2. The zero-order valence-electron chi connectivity index (χ0n) is 18.6. The van der Waals surface area contributed by atoms with Crippen molar-refractivity contribution in [3.8, 4) is 22.5 Å². The third-order valence-corrected chi connectivity index (χ3v) is 5.49. The summed E-state index contributed by atoms with van der Waals surface area (Å²) in [6.07, 6.45) is 6.32. The molecule has 0 aliphatic rings. The number of rotatable bonds is 8. The minimum Gasteiger partial charge on any atom is -0.350 e. The number of nitrogens with one attached hydrogen (secondary N) is 2. The number of nitrogens with zero attached hydrogens (tertiary/aromatic N) is 4. The number of benzene rings is 1. The fourth-order valence-electron chi connectivity index (χ4n) is 3.55. The van der Waals surface area contributed by atoms with Gasteiger partial charge in [0.15, 0.2) is 5.65 Å². The topological polar surface area (TPSA) is 84.2 Å². The van der Waals surface area contributed by atoms with Crippen LogP contribution in [0, 0.1) is 0 Å². The average Bonchev–Trinajstić information content (AvgIpc) is 3.26. The van der Waals surface area contributed by atoms with E-state index in [-0.39, 0.29) is 11.9 Å². The molecule has 0 saturated carbocycles. The van der Waals surface area contributed by atoms with Crippen LogP contribution < -0.4 is 10.6 Å². The SMILES string of the molecule is CCC(C)N[C@@H](C)CNC(=O)c1ccnc(-c2cnn3ccc(-c4ccccc4)nc23)c1. The van der Waals surface area contributed by atoms with Gasteiger partial charge in [0, 0.05) is 42.1 Å². The van der Waals surface area contributed by atoms with E-state index in [0.29, 0.717) is 29.5 Å². The highest BCUT2D eigenvalue weighted by Crippen LogP contribution is 2.25. The van der Waals surface area contributed by atoms with Crippen LogP contribution in [-0.2, 0) is 0 Å². The molecule has 1 unspecified atom stereocenters. The van der Waals surface area contributed by atoms with Crippen molar-refractivity contribution < 1.29 is 4.79 Å². The summed E-state index contributed by atoms with van der Waals surface area (Å²) in [7, 11) is 0. The minimum atomic E-state index is -0.124. The second kappa shape index (κ2) is 9.70. The number of amides is 1. The van der Waals surface area contributed by atoms with Gasteiger partial charge in [0.2, 0.25) is 0 Å². The van der Waals surface area contributed by atoms with Crippen molar-refractivity contribution in [2.45, 2.75) is 39.3 Å². The summed E-state index contributed by atoms with van der Waals surface area (Å²) in [5, 5.41) is 10.9. The highest BCUT2D eigenvalue weighted by molar-refractivity contribution is 5.95. The van der Waals surface area contributed by atoms with Crippen LogP contribution in [0.5, 0.6) is 0 Å². The quantitative estimate of drug-likeness (QED) is 0.444. The van der Waals surface area contributed by atoms with E-state index in [0.717, 1.165) is 23.2 Å². The van der Waals surface area contributed by atoms with Gasteiger partial charge in [-0.25, -0.2) is 9.50 Å². The summed E-state index contributed by atoms with van der Waals surface area (Å²) < 4.78 is 1.72. The van der Waals surface area contributed by atoms with Gasteiger partial charge in [-0.05, 0) is 38.5 Å². The lowest BCUT2D eigenvalue weighted by atomic mass is 10.1. The molecular weight excluding hydrogens is 400 g/mol. The van der Waals surface area contributed by atoms with Crippen molar-refractivity contribution >= 4 is 11.6 Å². The van der Waals surface area contributed by atoms with Crippen molar-refractivity contribution in [2.24, 2.45) is 0 Å². The molecular formula is C25H28N6O. The van der Waals surface area contributed by atoms with Gasteiger partial charge in [-0.15, -0.1) is 0 Å². The van der Waals surface area contributed by atoms with E-state index in [1.165, 1.54) is 0 Å². The monoisotopic (exact) mass is 428 g/mol. The van der Waals surface area contributed by atoms with E-state index in [2.05, 4.69) is 41.5 Å². The summed E-state index contributed by atoms with van der Waals surface area (Å²) in [5.74, 6) is -0.124. The number of pyridine rings is 1. The van der Waals surface area contributed by atoms with E-state index in [9.17, 15) is 4.79 Å². The first-order valence-corrected chi connectivity index (χ1v) is 11.0. The van der Waals surface area contributed by atoms with Gasteiger partial charge in [-0.1, -0.05) is 37.3 Å². The molecule has 32 heavy (non-hydrogen) atoms. The molecule has 0 bridgehead atoms. The molecule has 4 rings (SSSR count). The summed E-state index contributed by atoms with van der Waals surface area (Å²) in [6, 6.07) is 16.1. The fraction of sp³-hybridized carbons (Fsp3) is 0.280. The average molecular weight is 429 g/mol. The Hall–Kier alpha value is -3.58. The molecule has 2 atom stereocenters. The molecule has 0 aliphatic heterocycles. The third-order valence-electron chi connectivity index (χ3n) is 5.49. The number of aromatic nitrogens is 4. The van der Waals surface area contributed by atoms with Crippen LogP contribution in [0.3, 0.4) is 0 Å². The van der Waals surface area contributed by atoms with Crippen molar-refractivity contribution in [2.75, 3.05) is 6.54 Å². The van der Waals surface area contributed by atoms with Gasteiger partial charge in [-0.2, -0.15) is 5.10 Å². The van der Waals surface area contributed by atoms with Crippen LogP contribution in [0.2, 0.25) is 0 Å². The Kier molecular flexibility index (Phi) is 6.56. The first kappa shape index (κ1) is 21.6. The van der Waals surface area contributed by atoms with Gasteiger partial charge in [0.1, 0.15) is 0 Å². The molecule has 0 fully saturated rings. The second-order valence-corrected chi connectivity index (χ2v) is 8.02. The Morgan fingerprint density at radius 2 is 1.88 bits per heavy atom. The zero-order valence-corrected chi connectivity index (χ0v) is 18.6. The molecule has 164 valence electrons. The van der Waals surface area contributed by atoms with Crippen molar-refractivity contribution in [1.82, 2.24) is 30.2 Å². The maximum atomic E-state index is 12.7. The number of fused-ring (bicyclic) bond motifs is 1. The van der Waals surface area contributed by atoms with Gasteiger partial charge >= 0.3 is 0 Å². The van der Waals surface area contributed by atoms with E-state index in [1.54, 1.807) is 29.0 Å². The van der Waals surface area contributed by atoms with Crippen molar-refractivity contribution in [3.63, 3.8) is 0 Å². The largest absolute Gasteiger partial charge is 0.350 e. The Balaban J connectivity index is 1.56. The Labute approximate surface area is 187 Å². The van der Waals surface area contributed by atoms with Gasteiger partial charge in [0.05, 0.1) is 23.1 Å². The molecule has 7 heteroatoms. The van der Waals surface area contributed by atoms with E-state index >= 15 is 0 Å².